The van der Waals surface area contributed by atoms with Crippen molar-refractivity contribution in [2.24, 2.45) is 0 Å². The average molecular weight is 526 g/mol. The van der Waals surface area contributed by atoms with E-state index in [1.165, 1.54) is 6.20 Å². The van der Waals surface area contributed by atoms with E-state index in [2.05, 4.69) is 10.9 Å². The minimum absolute atomic E-state index is 0.0583. The van der Waals surface area contributed by atoms with Crippen molar-refractivity contribution in [1.82, 2.24) is 10.3 Å². The van der Waals surface area contributed by atoms with E-state index in [1.807, 2.05) is 0 Å². The Labute approximate surface area is 212 Å². The van der Waals surface area contributed by atoms with Crippen LogP contribution < -0.4 is 20.3 Å². The van der Waals surface area contributed by atoms with Crippen LogP contribution in [0.4, 0.5) is 24.5 Å². The Kier molecular flexibility index (Phi) is 6.11. The Balaban J connectivity index is 1.42. The normalized spacial score (nSPS) is 15.4. The van der Waals surface area contributed by atoms with Gasteiger partial charge < -0.3 is 14.9 Å². The second kappa shape index (κ2) is 9.42. The number of hydrazine groups is 1. The lowest BCUT2D eigenvalue weighted by Gasteiger charge is -2.28. The third-order valence-electron chi connectivity index (χ3n) is 5.89. The molecule has 0 aliphatic carbocycles. The second-order valence-electron chi connectivity index (χ2n) is 8.24. The third kappa shape index (κ3) is 4.56. The highest BCUT2D eigenvalue weighted by Gasteiger charge is 2.35. The molecular weight excluding hydrogens is 509 g/mol. The van der Waals surface area contributed by atoms with Gasteiger partial charge in [-0.1, -0.05) is 24.3 Å². The average Bonchev–Trinajstić information content (AvgIpc) is 3.36. The predicted octanol–water partition coefficient (Wildman–Crippen LogP) is 4.48. The van der Waals surface area contributed by atoms with Gasteiger partial charge >= 0.3 is 6.18 Å². The van der Waals surface area contributed by atoms with Crippen LogP contribution in [-0.4, -0.2) is 28.4 Å². The first-order valence-electron chi connectivity index (χ1n) is 11.0. The van der Waals surface area contributed by atoms with Crippen molar-refractivity contribution in [2.45, 2.75) is 12.7 Å². The van der Waals surface area contributed by atoms with Crippen LogP contribution in [0.25, 0.3) is 5.57 Å². The molecule has 2 aliphatic heterocycles. The number of hydrogen-bond acceptors (Lipinski definition) is 8. The molecule has 0 unspecified atom stereocenters. The molecule has 0 bridgehead atoms. The number of anilines is 1. The van der Waals surface area contributed by atoms with Gasteiger partial charge in [0.2, 0.25) is 6.79 Å². The summed E-state index contributed by atoms with van der Waals surface area (Å²) in [4.78, 5) is 38.0. The molecule has 2 N–H and O–H groups in total. The largest absolute Gasteiger partial charge is 0.454 e. The van der Waals surface area contributed by atoms with Gasteiger partial charge in [0.1, 0.15) is 5.69 Å². The number of halogens is 3. The number of nitrogens with one attached hydrogen (secondary N) is 2. The van der Waals surface area contributed by atoms with Crippen molar-refractivity contribution in [3.63, 3.8) is 0 Å². The molecule has 2 amide bonds. The van der Waals surface area contributed by atoms with E-state index >= 15 is 0 Å². The summed E-state index contributed by atoms with van der Waals surface area (Å²) in [5.41, 5.74) is 3.98. The molecule has 3 aromatic rings. The number of nitro groups is 1. The summed E-state index contributed by atoms with van der Waals surface area (Å²) in [6.07, 6.45) is -3.56. The lowest BCUT2D eigenvalue weighted by Crippen LogP contribution is -2.41. The number of amides is 2. The number of rotatable bonds is 6. The third-order valence-corrected chi connectivity index (χ3v) is 5.89. The molecule has 0 spiro atoms. The van der Waals surface area contributed by atoms with Gasteiger partial charge in [-0.3, -0.25) is 30.0 Å². The predicted molar refractivity (Wildman–Crippen MR) is 127 cm³/mol. The summed E-state index contributed by atoms with van der Waals surface area (Å²) < 4.78 is 49.6. The maximum absolute atomic E-state index is 13.4. The van der Waals surface area contributed by atoms with Crippen molar-refractivity contribution in [2.75, 3.05) is 12.2 Å². The van der Waals surface area contributed by atoms with E-state index in [4.69, 9.17) is 9.47 Å². The van der Waals surface area contributed by atoms with E-state index in [9.17, 15) is 32.9 Å². The highest BCUT2D eigenvalue weighted by atomic mass is 19.4. The van der Waals surface area contributed by atoms with E-state index < -0.39 is 34.2 Å². The van der Waals surface area contributed by atoms with Gasteiger partial charge in [-0.05, 0) is 35.9 Å². The van der Waals surface area contributed by atoms with Crippen molar-refractivity contribution in [1.29, 1.82) is 0 Å². The molecule has 194 valence electrons. The standard InChI is InChI=1S/C25H17F3N4O6/c26-25(27,28)15-6-7-19(20(10-15)32(35)36)30-29-11-18-16-3-1-2-4-17(16)23(33)31(24(18)34)12-14-5-8-21-22(9-14)38-13-37-21/h1-11,29-30H,12-13H2/b18-11+. The zero-order valence-electron chi connectivity index (χ0n) is 19.2. The summed E-state index contributed by atoms with van der Waals surface area (Å²) in [5, 5.41) is 11.3. The number of fused-ring (bicyclic) bond motifs is 2. The molecule has 0 fully saturated rings. The molecule has 3 aromatic carbocycles. The van der Waals surface area contributed by atoms with Gasteiger partial charge in [-0.25, -0.2) is 0 Å². The van der Waals surface area contributed by atoms with E-state index in [1.54, 1.807) is 42.5 Å². The summed E-state index contributed by atoms with van der Waals surface area (Å²) >= 11 is 0. The monoisotopic (exact) mass is 526 g/mol. The minimum Gasteiger partial charge on any atom is -0.454 e. The smallest absolute Gasteiger partial charge is 0.416 e. The van der Waals surface area contributed by atoms with Crippen LogP contribution in [0, 0.1) is 10.1 Å². The molecule has 0 atom stereocenters. The van der Waals surface area contributed by atoms with Crippen molar-refractivity contribution in [3.8, 4) is 11.5 Å². The number of nitrogens with zero attached hydrogens (tertiary/aromatic N) is 2. The fourth-order valence-corrected chi connectivity index (χ4v) is 4.06. The van der Waals surface area contributed by atoms with Gasteiger partial charge in [-0.15, -0.1) is 0 Å². The van der Waals surface area contributed by atoms with Crippen molar-refractivity contribution >= 4 is 28.8 Å². The van der Waals surface area contributed by atoms with E-state index in [-0.39, 0.29) is 30.2 Å². The molecule has 0 aromatic heterocycles. The van der Waals surface area contributed by atoms with Crippen LogP contribution in [0.15, 0.2) is 66.9 Å². The molecule has 10 nitrogen and oxygen atoms in total. The number of benzene rings is 3. The molecular formula is C25H17F3N4O6. The topological polar surface area (TPSA) is 123 Å². The number of hydrogen-bond donors (Lipinski definition) is 2. The summed E-state index contributed by atoms with van der Waals surface area (Å²) in [6.45, 7) is -0.00578. The van der Waals surface area contributed by atoms with Crippen LogP contribution >= 0.6 is 0 Å². The second-order valence-corrected chi connectivity index (χ2v) is 8.24. The molecule has 2 heterocycles. The SMILES string of the molecule is O=C1/C(=C/NNc2ccc(C(F)(F)F)cc2[N+](=O)[O-])c2ccccc2C(=O)N1Cc1ccc2c(c1)OCO2. The zero-order valence-corrected chi connectivity index (χ0v) is 19.2. The van der Waals surface area contributed by atoms with E-state index in [0.717, 1.165) is 11.0 Å². The number of carbonyl (C=O) groups excluding carboxylic acids is 2. The summed E-state index contributed by atoms with van der Waals surface area (Å²) in [5.74, 6) is -0.141. The number of ether oxygens (including phenoxy) is 2. The molecule has 38 heavy (non-hydrogen) atoms. The lowest BCUT2D eigenvalue weighted by molar-refractivity contribution is -0.384. The number of carbonyl (C=O) groups is 2. The fraction of sp³-hybridized carbons (Fsp3) is 0.120. The van der Waals surface area contributed by atoms with Crippen molar-refractivity contribution in [3.05, 3.63) is 99.2 Å². The summed E-state index contributed by atoms with van der Waals surface area (Å²) in [6, 6.07) is 13.4. The van der Waals surface area contributed by atoms with Gasteiger partial charge in [-0.2, -0.15) is 13.2 Å². The van der Waals surface area contributed by atoms with Gasteiger partial charge in [0.15, 0.2) is 11.5 Å². The molecule has 0 radical (unpaired) electrons. The van der Waals surface area contributed by atoms with Crippen molar-refractivity contribution < 1.29 is 37.2 Å². The Morgan fingerprint density at radius 3 is 2.45 bits per heavy atom. The highest BCUT2D eigenvalue weighted by molar-refractivity contribution is 6.30. The van der Waals surface area contributed by atoms with Gasteiger partial charge in [0.05, 0.1) is 22.6 Å². The van der Waals surface area contributed by atoms with Crippen LogP contribution in [0.1, 0.15) is 27.0 Å². The van der Waals surface area contributed by atoms with Crippen LogP contribution in [-0.2, 0) is 17.5 Å². The maximum Gasteiger partial charge on any atom is 0.416 e. The van der Waals surface area contributed by atoms with Gasteiger partial charge in [0, 0.05) is 23.4 Å². The zero-order chi connectivity index (χ0) is 27.0. The molecule has 5 rings (SSSR count). The molecule has 13 heteroatoms. The highest BCUT2D eigenvalue weighted by Crippen LogP contribution is 2.36. The fourth-order valence-electron chi connectivity index (χ4n) is 4.06. The van der Waals surface area contributed by atoms with Crippen LogP contribution in [0.3, 0.4) is 0 Å². The van der Waals surface area contributed by atoms with Crippen LogP contribution in [0.5, 0.6) is 11.5 Å². The Bertz CT molecular complexity index is 1500. The van der Waals surface area contributed by atoms with Gasteiger partial charge in [0.25, 0.3) is 17.5 Å². The number of nitro benzene ring substituents is 1. The lowest BCUT2D eigenvalue weighted by atomic mass is 9.94. The first-order chi connectivity index (χ1) is 18.1. The first kappa shape index (κ1) is 24.6. The Morgan fingerprint density at radius 2 is 1.71 bits per heavy atom. The Morgan fingerprint density at radius 1 is 0.974 bits per heavy atom. The summed E-state index contributed by atoms with van der Waals surface area (Å²) in [7, 11) is 0. The molecule has 0 saturated carbocycles. The van der Waals surface area contributed by atoms with E-state index in [0.29, 0.717) is 34.8 Å². The minimum atomic E-state index is -4.76. The first-order valence-corrected chi connectivity index (χ1v) is 11.0. The quantitative estimate of drug-likeness (QED) is 0.209. The number of imide groups is 1. The molecule has 2 aliphatic rings. The molecule has 0 saturated heterocycles. The Hall–Kier alpha value is -5.07. The maximum atomic E-state index is 13.4. The van der Waals surface area contributed by atoms with Crippen LogP contribution in [0.2, 0.25) is 0 Å². The number of alkyl halides is 3.